The van der Waals surface area contributed by atoms with Gasteiger partial charge in [0.05, 0.1) is 27.0 Å². The summed E-state index contributed by atoms with van der Waals surface area (Å²) >= 11 is 0. The molecular formula is C50H58N3NaO11S2. The van der Waals surface area contributed by atoms with Crippen LogP contribution in [0.2, 0.25) is 0 Å². The second-order valence-corrected chi connectivity index (χ2v) is 21.4. The van der Waals surface area contributed by atoms with Crippen LogP contribution in [0.15, 0.2) is 125 Å². The van der Waals surface area contributed by atoms with Crippen LogP contribution < -0.4 is 44.1 Å². The molecule has 2 unspecified atom stereocenters. The molecule has 1 aliphatic carbocycles. The normalized spacial score (nSPS) is 21.3. The number of para-hydroxylation sites is 2. The first kappa shape index (κ1) is 52.0. The quantitative estimate of drug-likeness (QED) is 0.0837. The molecule has 3 aromatic rings. The molecule has 0 saturated carbocycles. The molecule has 3 aromatic carbocycles. The number of imide groups is 1. The molecule has 0 spiro atoms. The molecule has 1 fully saturated rings. The Kier molecular flexibility index (Phi) is 16.7. The number of benzene rings is 3. The maximum Gasteiger partial charge on any atom is 1.00 e. The Labute approximate surface area is 416 Å². The standard InChI is InChI=1S/C50H59N3O11S2.Na/c1-49(2)39-17-7-9-19-41(39)51(32-11-5-6-21-47(56)64-53-45(54)30-31-46(53)55)43(49)28-22-35-15-14-16-36(48(35)63-37-24-26-38(27-25-37)66(60,61)62)23-29-44-50(3,4)40-18-8-10-20-42(40)52(44)33-12-13-34-65(57,58)59;/h7-10,17-20,22-29,43H,5-6,11-16,21,30-34H2,1-4H3,(H,57,58,59)(H,60,61,62);/q;+1/p-1/b28-22+,36-23+,44-29+;. The Bertz CT molecular complexity index is 2690. The second-order valence-electron chi connectivity index (χ2n) is 18.5. The van der Waals surface area contributed by atoms with E-state index < -0.39 is 49.2 Å². The number of nitrogens with one attached hydrogen (secondary N) is 1. The summed E-state index contributed by atoms with van der Waals surface area (Å²) in [6.07, 6.45) is 13.8. The first-order chi connectivity index (χ1) is 31.3. The number of ether oxygens (including phenoxy) is 1. The van der Waals surface area contributed by atoms with Crippen molar-refractivity contribution in [3.63, 3.8) is 0 Å². The average Bonchev–Trinajstić information content (AvgIpc) is 3.78. The summed E-state index contributed by atoms with van der Waals surface area (Å²) in [5, 5.41) is 0.586. The van der Waals surface area contributed by atoms with Crippen molar-refractivity contribution in [3.8, 4) is 5.75 Å². The van der Waals surface area contributed by atoms with Crippen LogP contribution in [0.3, 0.4) is 0 Å². The Morgan fingerprint density at radius 3 is 2.16 bits per heavy atom. The van der Waals surface area contributed by atoms with Crippen molar-refractivity contribution in [3.05, 3.63) is 131 Å². The third-order valence-corrected chi connectivity index (χ3v) is 14.8. The first-order valence-corrected chi connectivity index (χ1v) is 25.6. The van der Waals surface area contributed by atoms with Crippen LogP contribution >= 0.6 is 0 Å². The van der Waals surface area contributed by atoms with Crippen LogP contribution in [0.4, 0.5) is 11.4 Å². The Morgan fingerprint density at radius 2 is 1.48 bits per heavy atom. The fraction of sp³-hybridized carbons (Fsp3) is 0.420. The first-order valence-electron chi connectivity index (χ1n) is 22.7. The molecule has 3 heterocycles. The van der Waals surface area contributed by atoms with Crippen molar-refractivity contribution >= 4 is 49.4 Å². The number of hydrogen-bond donors (Lipinski definition) is 1. The molecular weight excluding hydrogens is 906 g/mol. The zero-order chi connectivity index (χ0) is 47.4. The summed E-state index contributed by atoms with van der Waals surface area (Å²) in [6, 6.07) is 22.0. The average molecular weight is 964 g/mol. The predicted molar refractivity (Wildman–Crippen MR) is 246 cm³/mol. The van der Waals surface area contributed by atoms with Crippen molar-refractivity contribution in [2.45, 2.75) is 120 Å². The Morgan fingerprint density at radius 1 is 0.806 bits per heavy atom. The molecule has 17 heteroatoms. The second kappa shape index (κ2) is 21.5. The number of amides is 2. The summed E-state index contributed by atoms with van der Waals surface area (Å²) in [4.78, 5) is 44.5. The van der Waals surface area contributed by atoms with E-state index >= 15 is 0 Å². The van der Waals surface area contributed by atoms with Gasteiger partial charge in [0.25, 0.3) is 11.8 Å². The molecule has 4 aliphatic rings. The Balaban J connectivity index is 0.00000741. The summed E-state index contributed by atoms with van der Waals surface area (Å²) in [5.74, 6) is -1.02. The van der Waals surface area contributed by atoms with Gasteiger partial charge >= 0.3 is 35.5 Å². The van der Waals surface area contributed by atoms with Crippen LogP contribution in [0, 0.1) is 0 Å². The van der Waals surface area contributed by atoms with Gasteiger partial charge in [-0.3, -0.25) is 14.5 Å². The van der Waals surface area contributed by atoms with Gasteiger partial charge in [-0.2, -0.15) is 0 Å². The van der Waals surface area contributed by atoms with Crippen molar-refractivity contribution in [1.82, 2.24) is 5.06 Å². The molecule has 352 valence electrons. The van der Waals surface area contributed by atoms with Gasteiger partial charge in [-0.05, 0) is 130 Å². The number of quaternary nitrogens is 1. The molecule has 2 amide bonds. The maximum absolute atomic E-state index is 12.5. The van der Waals surface area contributed by atoms with Gasteiger partial charge in [-0.25, -0.2) is 21.6 Å². The fourth-order valence-electron chi connectivity index (χ4n) is 9.78. The molecule has 7 rings (SSSR count). The van der Waals surface area contributed by atoms with Crippen molar-refractivity contribution in [1.29, 1.82) is 0 Å². The summed E-state index contributed by atoms with van der Waals surface area (Å²) in [7, 11) is -9.00. The smallest absolute Gasteiger partial charge is 0.748 e. The molecule has 1 saturated heterocycles. The molecule has 67 heavy (non-hydrogen) atoms. The fourth-order valence-corrected chi connectivity index (χ4v) is 10.8. The number of anilines is 1. The maximum atomic E-state index is 12.5. The molecule has 0 aromatic heterocycles. The van der Waals surface area contributed by atoms with E-state index in [0.29, 0.717) is 48.8 Å². The zero-order valence-corrected chi connectivity index (χ0v) is 42.5. The number of rotatable bonds is 18. The number of nitrogens with zero attached hydrogens (tertiary/aromatic N) is 2. The van der Waals surface area contributed by atoms with Gasteiger partial charge in [0, 0.05) is 53.9 Å². The van der Waals surface area contributed by atoms with Gasteiger partial charge < -0.3 is 23.6 Å². The van der Waals surface area contributed by atoms with Crippen LogP contribution in [-0.2, 0) is 50.3 Å². The molecule has 14 nitrogen and oxygen atoms in total. The van der Waals surface area contributed by atoms with Crippen molar-refractivity contribution < 1.29 is 84.4 Å². The van der Waals surface area contributed by atoms with Gasteiger partial charge in [-0.15, -0.1) is 5.06 Å². The monoisotopic (exact) mass is 963 g/mol. The number of allylic oxidation sites excluding steroid dienone is 6. The molecule has 0 radical (unpaired) electrons. The van der Waals surface area contributed by atoms with E-state index in [1.54, 1.807) is 0 Å². The zero-order valence-electron chi connectivity index (χ0n) is 38.9. The third kappa shape index (κ3) is 12.1. The number of fused-ring (bicyclic) bond motifs is 2. The van der Waals surface area contributed by atoms with E-state index in [-0.39, 0.29) is 71.6 Å². The summed E-state index contributed by atoms with van der Waals surface area (Å²) < 4.78 is 76.3. The topological polar surface area (TPSA) is 195 Å². The largest absolute Gasteiger partial charge is 1.00 e. The van der Waals surface area contributed by atoms with Crippen molar-refractivity contribution in [2.75, 3.05) is 23.7 Å². The third-order valence-electron chi connectivity index (χ3n) is 13.2. The van der Waals surface area contributed by atoms with E-state index in [4.69, 9.17) is 9.57 Å². The molecule has 0 bridgehead atoms. The minimum atomic E-state index is -4.67. The van der Waals surface area contributed by atoms with E-state index in [1.807, 2.05) is 24.3 Å². The van der Waals surface area contributed by atoms with Gasteiger partial charge in [0.1, 0.15) is 33.4 Å². The van der Waals surface area contributed by atoms with Gasteiger partial charge in [0.15, 0.2) is 0 Å². The van der Waals surface area contributed by atoms with Gasteiger partial charge in [-0.1, -0.05) is 62.4 Å². The molecule has 2 atom stereocenters. The van der Waals surface area contributed by atoms with E-state index in [9.17, 15) is 40.3 Å². The Hall–Kier alpha value is -4.39. The van der Waals surface area contributed by atoms with Gasteiger partial charge in [0.2, 0.25) is 0 Å². The number of hydrogen-bond acceptors (Lipinski definition) is 12. The van der Waals surface area contributed by atoms with Crippen LogP contribution in [0.25, 0.3) is 0 Å². The predicted octanol–water partition coefficient (Wildman–Crippen LogP) is 3.95. The van der Waals surface area contributed by atoms with Crippen LogP contribution in [-0.4, -0.2) is 73.7 Å². The minimum Gasteiger partial charge on any atom is -0.748 e. The number of hydroxylamine groups is 2. The van der Waals surface area contributed by atoms with Crippen LogP contribution in [0.5, 0.6) is 5.75 Å². The van der Waals surface area contributed by atoms with Crippen LogP contribution in [0.1, 0.15) is 109 Å². The summed E-state index contributed by atoms with van der Waals surface area (Å²) in [5.41, 5.74) is 6.81. The summed E-state index contributed by atoms with van der Waals surface area (Å²) in [6.45, 7) is 10.1. The molecule has 3 aliphatic heterocycles. The van der Waals surface area contributed by atoms with E-state index in [0.717, 1.165) is 53.9 Å². The SMILES string of the molecule is CC1(C)/C(=C\C=C2/CCCC(/C=C/C3[NH+](CCCCCC(=O)ON4C(=O)CCC4=O)c4ccccc4C3(C)C)=C2Oc2ccc(S(=O)(=O)[O-])cc2)N(CCCCS(=O)(=O)[O-])c2ccccc21.[Na+]. The number of unbranched alkanes of at least 4 members (excludes halogenated alkanes) is 3. The minimum absolute atomic E-state index is 0. The molecule has 1 N–H and O–H groups in total. The van der Waals surface area contributed by atoms with Crippen molar-refractivity contribution in [2.24, 2.45) is 0 Å². The number of carbonyl (C=O) groups is 3. The number of carbonyl (C=O) groups excluding carboxylic acids is 3. The van der Waals surface area contributed by atoms with E-state index in [2.05, 4.69) is 81.2 Å². The van der Waals surface area contributed by atoms with E-state index in [1.165, 1.54) is 40.4 Å².